The van der Waals surface area contributed by atoms with Crippen LogP contribution in [0.3, 0.4) is 0 Å². The van der Waals surface area contributed by atoms with Crippen LogP contribution < -0.4 is 52.4 Å². The summed E-state index contributed by atoms with van der Waals surface area (Å²) >= 11 is 0. The Hall–Kier alpha value is -9.45. The third-order valence-corrected chi connectivity index (χ3v) is 15.9. The lowest BCUT2D eigenvalue weighted by Crippen LogP contribution is -2.65. The molecule has 0 fully saturated rings. The number of benzene rings is 11. The highest BCUT2D eigenvalue weighted by Gasteiger charge is 2.48. The van der Waals surface area contributed by atoms with Crippen molar-refractivity contribution in [2.45, 2.75) is 0 Å². The summed E-state index contributed by atoms with van der Waals surface area (Å²) in [5, 5.41) is 2.47. The summed E-state index contributed by atoms with van der Waals surface area (Å²) in [6, 6.07) is 96.7. The maximum absolute atomic E-state index is 2.62. The molecule has 338 valence electrons. The SMILES string of the molecule is c1ccc(N2c3ccccc3B3c4cc5c(cc4N(c4ccccc4)c4cccc2c43)N(c2ccccc2)c2cccc3c2B5c2ccc4c5ccccc5n(-c5ccccc5)c4c2N3c2ccccc2)cc1. The molecule has 5 nitrogen and oxygen atoms in total. The number of hydrogen-bond donors (Lipinski definition) is 0. The average Bonchev–Trinajstić information content (AvgIpc) is 3.81. The largest absolute Gasteiger partial charge is 0.311 e. The number of hydrogen-bond acceptors (Lipinski definition) is 4. The van der Waals surface area contributed by atoms with E-state index in [0.717, 1.165) is 28.4 Å². The molecule has 4 aliphatic heterocycles. The molecule has 0 saturated heterocycles. The van der Waals surface area contributed by atoms with Crippen molar-refractivity contribution in [3.05, 3.63) is 261 Å². The van der Waals surface area contributed by atoms with E-state index in [2.05, 4.69) is 285 Å². The highest BCUT2D eigenvalue weighted by atomic mass is 15.2. The average molecular weight is 928 g/mol. The second kappa shape index (κ2) is 15.5. The summed E-state index contributed by atoms with van der Waals surface area (Å²) in [7, 11) is 0. The lowest BCUT2D eigenvalue weighted by atomic mass is 9.30. The van der Waals surface area contributed by atoms with E-state index in [1.54, 1.807) is 0 Å². The first-order chi connectivity index (χ1) is 36.3. The van der Waals surface area contributed by atoms with E-state index in [9.17, 15) is 0 Å². The number of fused-ring (bicyclic) bond motifs is 12. The van der Waals surface area contributed by atoms with Gasteiger partial charge in [-0.15, -0.1) is 0 Å². The predicted octanol–water partition coefficient (Wildman–Crippen LogP) is 12.9. The lowest BCUT2D eigenvalue weighted by molar-refractivity contribution is 1.17. The van der Waals surface area contributed by atoms with Crippen molar-refractivity contribution in [1.29, 1.82) is 0 Å². The third-order valence-electron chi connectivity index (χ3n) is 15.9. The third kappa shape index (κ3) is 5.65. The smallest absolute Gasteiger partial charge is 0.252 e. The fraction of sp³-hybridized carbons (Fsp3) is 0. The number of anilines is 12. The highest BCUT2D eigenvalue weighted by Crippen LogP contribution is 2.50. The molecule has 0 amide bonds. The van der Waals surface area contributed by atoms with Crippen molar-refractivity contribution in [3.8, 4) is 5.69 Å². The Labute approximate surface area is 424 Å². The number of rotatable bonds is 5. The molecule has 12 aromatic rings. The number of para-hydroxylation sites is 7. The van der Waals surface area contributed by atoms with Crippen LogP contribution >= 0.6 is 0 Å². The van der Waals surface area contributed by atoms with Crippen LogP contribution in [0, 0.1) is 0 Å². The Kier molecular flexibility index (Phi) is 8.57. The summed E-state index contributed by atoms with van der Waals surface area (Å²) in [6.45, 7) is -0.161. The minimum atomic E-state index is -0.116. The fourth-order valence-electron chi connectivity index (χ4n) is 13.1. The van der Waals surface area contributed by atoms with Crippen molar-refractivity contribution in [2.24, 2.45) is 0 Å². The van der Waals surface area contributed by atoms with Crippen LogP contribution in [-0.4, -0.2) is 18.0 Å². The Morgan fingerprint density at radius 2 is 0.658 bits per heavy atom. The van der Waals surface area contributed by atoms with Gasteiger partial charge < -0.3 is 24.2 Å². The second-order valence-corrected chi connectivity index (χ2v) is 19.6. The molecule has 4 aliphatic rings. The molecule has 11 aromatic carbocycles. The van der Waals surface area contributed by atoms with Crippen LogP contribution in [0.25, 0.3) is 27.5 Å². The van der Waals surface area contributed by atoms with Gasteiger partial charge in [0, 0.05) is 79.0 Å². The Balaban J connectivity index is 1.05. The highest BCUT2D eigenvalue weighted by molar-refractivity contribution is 7.03. The normalized spacial score (nSPS) is 13.6. The van der Waals surface area contributed by atoms with Crippen LogP contribution in [-0.2, 0) is 0 Å². The van der Waals surface area contributed by atoms with Gasteiger partial charge in [0.2, 0.25) is 0 Å². The molecule has 7 heteroatoms. The van der Waals surface area contributed by atoms with E-state index in [-0.39, 0.29) is 13.4 Å². The van der Waals surface area contributed by atoms with Gasteiger partial charge in [0.05, 0.1) is 16.7 Å². The maximum atomic E-state index is 2.62. The molecule has 0 saturated carbocycles. The first-order valence-corrected chi connectivity index (χ1v) is 25.3. The van der Waals surface area contributed by atoms with Gasteiger partial charge in [-0.05, 0) is 136 Å². The fourth-order valence-corrected chi connectivity index (χ4v) is 13.1. The zero-order valence-corrected chi connectivity index (χ0v) is 39.7. The minimum Gasteiger partial charge on any atom is -0.311 e. The lowest BCUT2D eigenvalue weighted by Gasteiger charge is -2.47. The van der Waals surface area contributed by atoms with Gasteiger partial charge in [0.1, 0.15) is 0 Å². The number of nitrogens with zero attached hydrogens (tertiary/aromatic N) is 5. The predicted molar refractivity (Wildman–Crippen MR) is 309 cm³/mol. The van der Waals surface area contributed by atoms with Gasteiger partial charge in [-0.3, -0.25) is 0 Å². The summed E-state index contributed by atoms with van der Waals surface area (Å²) in [6.07, 6.45) is 0. The molecule has 0 atom stereocenters. The second-order valence-electron chi connectivity index (χ2n) is 19.6. The quantitative estimate of drug-likeness (QED) is 0.160. The van der Waals surface area contributed by atoms with E-state index in [1.807, 2.05) is 0 Å². The monoisotopic (exact) mass is 927 g/mol. The molecule has 0 aliphatic carbocycles. The molecular formula is C66H43B2N5. The van der Waals surface area contributed by atoms with Gasteiger partial charge in [-0.2, -0.15) is 0 Å². The van der Waals surface area contributed by atoms with E-state index in [4.69, 9.17) is 0 Å². The summed E-state index contributed by atoms with van der Waals surface area (Å²) < 4.78 is 2.51. The molecule has 16 rings (SSSR count). The zero-order valence-electron chi connectivity index (χ0n) is 39.7. The van der Waals surface area contributed by atoms with E-state index >= 15 is 0 Å². The van der Waals surface area contributed by atoms with Crippen LogP contribution in [0.4, 0.5) is 68.2 Å². The molecular weight excluding hydrogens is 884 g/mol. The summed E-state index contributed by atoms with van der Waals surface area (Å²) in [5.74, 6) is 0. The Bertz CT molecular complexity index is 4180. The molecule has 0 bridgehead atoms. The van der Waals surface area contributed by atoms with Crippen molar-refractivity contribution < 1.29 is 0 Å². The van der Waals surface area contributed by atoms with Crippen molar-refractivity contribution in [3.63, 3.8) is 0 Å². The maximum Gasteiger partial charge on any atom is 0.252 e. The van der Waals surface area contributed by atoms with Gasteiger partial charge >= 0.3 is 0 Å². The first kappa shape index (κ1) is 40.3. The Morgan fingerprint density at radius 3 is 1.21 bits per heavy atom. The van der Waals surface area contributed by atoms with Crippen molar-refractivity contribution in [1.82, 2.24) is 4.57 Å². The van der Waals surface area contributed by atoms with Gasteiger partial charge in [0.15, 0.2) is 0 Å². The van der Waals surface area contributed by atoms with E-state index in [0.29, 0.717) is 0 Å². The number of aromatic nitrogens is 1. The molecule has 5 heterocycles. The standard InChI is InChI=1S/C66H43B2N5/c1-6-22-44(23-7-1)69-56-35-19-17-33-51(56)67-53-42-54-62(43-61(53)70(45-24-8-2-9-25-45)58-37-20-36-57(69)63(58)67)71(46-26-10-3-11-27-46)59-38-21-39-60-64(59)68(54)52-41-40-50-49-32-16-18-34-55(49)72(47-28-12-4-13-29-47)65(50)66(52)73(60)48-30-14-5-15-31-48/h1-43H. The van der Waals surface area contributed by atoms with Gasteiger partial charge in [-0.25, -0.2) is 0 Å². The van der Waals surface area contributed by atoms with Gasteiger partial charge in [-0.1, -0.05) is 158 Å². The summed E-state index contributed by atoms with van der Waals surface area (Å²) in [4.78, 5) is 10.1. The molecule has 0 spiro atoms. The van der Waals surface area contributed by atoms with Crippen molar-refractivity contribution in [2.75, 3.05) is 19.6 Å². The van der Waals surface area contributed by atoms with Crippen LogP contribution in [0.15, 0.2) is 261 Å². The molecule has 0 N–H and O–H groups in total. The minimum absolute atomic E-state index is 0.0450. The van der Waals surface area contributed by atoms with Crippen molar-refractivity contribution >= 4 is 136 Å². The summed E-state index contributed by atoms with van der Waals surface area (Å²) in [5.41, 5.74) is 25.4. The van der Waals surface area contributed by atoms with E-state index in [1.165, 1.54) is 100 Å². The molecule has 1 aromatic heterocycles. The van der Waals surface area contributed by atoms with Gasteiger partial charge in [0.25, 0.3) is 13.4 Å². The van der Waals surface area contributed by atoms with Crippen LogP contribution in [0.1, 0.15) is 0 Å². The Morgan fingerprint density at radius 1 is 0.247 bits per heavy atom. The first-order valence-electron chi connectivity index (χ1n) is 25.3. The van der Waals surface area contributed by atoms with Crippen LogP contribution in [0.2, 0.25) is 0 Å². The van der Waals surface area contributed by atoms with E-state index < -0.39 is 0 Å². The zero-order chi connectivity index (χ0) is 47.7. The molecule has 73 heavy (non-hydrogen) atoms. The molecule has 0 radical (unpaired) electrons. The molecule has 0 unspecified atom stereocenters. The van der Waals surface area contributed by atoms with Crippen LogP contribution in [0.5, 0.6) is 0 Å². The topological polar surface area (TPSA) is 17.9 Å².